The summed E-state index contributed by atoms with van der Waals surface area (Å²) in [6.07, 6.45) is -3.83. The highest BCUT2D eigenvalue weighted by atomic mass is 32.2. The number of anilines is 1. The number of carbonyl (C=O) groups excluding carboxylic acids is 1. The van der Waals surface area contributed by atoms with Gasteiger partial charge in [-0.1, -0.05) is 6.92 Å². The number of nitrogens with zero attached hydrogens (tertiary/aromatic N) is 3. The minimum atomic E-state index is -4.52. The van der Waals surface area contributed by atoms with Gasteiger partial charge >= 0.3 is 6.18 Å². The molecule has 10 heteroatoms. The summed E-state index contributed by atoms with van der Waals surface area (Å²) in [4.78, 5) is 24.1. The zero-order chi connectivity index (χ0) is 18.9. The van der Waals surface area contributed by atoms with Crippen molar-refractivity contribution in [3.8, 4) is 11.6 Å². The molecule has 26 heavy (non-hydrogen) atoms. The van der Waals surface area contributed by atoms with Gasteiger partial charge in [-0.15, -0.1) is 11.8 Å². The maximum absolute atomic E-state index is 12.8. The molecule has 3 rings (SSSR count). The highest BCUT2D eigenvalue weighted by Gasteiger charge is 2.32. The van der Waals surface area contributed by atoms with E-state index in [2.05, 4.69) is 20.3 Å². The van der Waals surface area contributed by atoms with E-state index in [1.807, 2.05) is 6.92 Å². The Kier molecular flexibility index (Phi) is 4.86. The van der Waals surface area contributed by atoms with Crippen LogP contribution in [-0.2, 0) is 11.0 Å². The zero-order valence-electron chi connectivity index (χ0n) is 13.7. The molecule has 136 valence electrons. The van der Waals surface area contributed by atoms with Crippen molar-refractivity contribution in [3.63, 3.8) is 0 Å². The number of carbonyl (C=O) groups is 1. The maximum Gasteiger partial charge on any atom is 0.417 e. The first-order chi connectivity index (χ1) is 12.3. The van der Waals surface area contributed by atoms with Gasteiger partial charge in [0.05, 0.1) is 5.56 Å². The highest BCUT2D eigenvalue weighted by molar-refractivity contribution is 7.99. The normalized spacial score (nSPS) is 11.7. The molecule has 3 aromatic rings. The van der Waals surface area contributed by atoms with Crippen LogP contribution in [0.1, 0.15) is 19.4 Å². The molecule has 0 aliphatic carbocycles. The third-order valence-corrected chi connectivity index (χ3v) is 4.17. The molecular formula is C16H13F3N4O2S. The predicted molar refractivity (Wildman–Crippen MR) is 90.7 cm³/mol. The fourth-order valence-electron chi connectivity index (χ4n) is 2.20. The summed E-state index contributed by atoms with van der Waals surface area (Å²) in [6, 6.07) is 4.25. The third-order valence-electron chi connectivity index (χ3n) is 3.24. The number of hydrogen-bond acceptors (Lipinski definition) is 6. The SMILES string of the molecule is CCSc1ccc(NC(C)=O)nc1-c1nc2cc(C(F)(F)F)cnc2o1. The molecule has 1 amide bonds. The van der Waals surface area contributed by atoms with Crippen LogP contribution in [0.4, 0.5) is 19.0 Å². The summed E-state index contributed by atoms with van der Waals surface area (Å²) in [5.74, 6) is 0.771. The van der Waals surface area contributed by atoms with Crippen molar-refractivity contribution >= 4 is 34.7 Å². The van der Waals surface area contributed by atoms with Gasteiger partial charge < -0.3 is 9.73 Å². The van der Waals surface area contributed by atoms with Gasteiger partial charge in [-0.05, 0) is 24.0 Å². The van der Waals surface area contributed by atoms with Crippen molar-refractivity contribution in [3.05, 3.63) is 30.0 Å². The number of halogens is 3. The number of fused-ring (bicyclic) bond motifs is 1. The molecule has 0 saturated heterocycles. The molecule has 0 radical (unpaired) electrons. The summed E-state index contributed by atoms with van der Waals surface area (Å²) < 4.78 is 44.0. The molecule has 3 aromatic heterocycles. The molecule has 0 bridgehead atoms. The molecule has 3 heterocycles. The Bertz CT molecular complexity index is 972. The average molecular weight is 382 g/mol. The number of hydrogen-bond donors (Lipinski definition) is 1. The number of rotatable bonds is 4. The molecule has 0 aliphatic heterocycles. The van der Waals surface area contributed by atoms with Gasteiger partial charge in [0, 0.05) is 18.0 Å². The molecule has 0 fully saturated rings. The number of oxazole rings is 1. The van der Waals surface area contributed by atoms with Gasteiger partial charge in [-0.3, -0.25) is 4.79 Å². The van der Waals surface area contributed by atoms with E-state index < -0.39 is 11.7 Å². The Hall–Kier alpha value is -2.62. The third kappa shape index (κ3) is 3.79. The fourth-order valence-corrected chi connectivity index (χ4v) is 2.95. The Morgan fingerprint density at radius 1 is 1.31 bits per heavy atom. The van der Waals surface area contributed by atoms with Gasteiger partial charge in [0.25, 0.3) is 0 Å². The molecule has 0 saturated carbocycles. The van der Waals surface area contributed by atoms with Crippen molar-refractivity contribution < 1.29 is 22.4 Å². The maximum atomic E-state index is 12.8. The smallest absolute Gasteiger partial charge is 0.416 e. The number of aromatic nitrogens is 3. The summed E-state index contributed by atoms with van der Waals surface area (Å²) in [5, 5.41) is 2.55. The van der Waals surface area contributed by atoms with E-state index in [0.717, 1.165) is 16.7 Å². The van der Waals surface area contributed by atoms with Crippen molar-refractivity contribution in [2.45, 2.75) is 24.9 Å². The lowest BCUT2D eigenvalue weighted by Crippen LogP contribution is -2.08. The zero-order valence-corrected chi connectivity index (χ0v) is 14.5. The van der Waals surface area contributed by atoms with Crippen LogP contribution in [0, 0.1) is 0 Å². The second-order valence-electron chi connectivity index (χ2n) is 5.22. The van der Waals surface area contributed by atoms with Gasteiger partial charge in [-0.2, -0.15) is 13.2 Å². The first-order valence-electron chi connectivity index (χ1n) is 7.53. The second-order valence-corrected chi connectivity index (χ2v) is 6.53. The van der Waals surface area contributed by atoms with Crippen LogP contribution in [0.5, 0.6) is 0 Å². The van der Waals surface area contributed by atoms with E-state index in [1.54, 1.807) is 12.1 Å². The van der Waals surface area contributed by atoms with Crippen LogP contribution in [0.2, 0.25) is 0 Å². The lowest BCUT2D eigenvalue weighted by molar-refractivity contribution is -0.137. The lowest BCUT2D eigenvalue weighted by Gasteiger charge is -2.07. The summed E-state index contributed by atoms with van der Waals surface area (Å²) >= 11 is 1.47. The molecule has 6 nitrogen and oxygen atoms in total. The monoisotopic (exact) mass is 382 g/mol. The first-order valence-corrected chi connectivity index (χ1v) is 8.52. The van der Waals surface area contributed by atoms with Crippen LogP contribution in [-0.4, -0.2) is 26.6 Å². The van der Waals surface area contributed by atoms with Crippen molar-refractivity contribution in [1.82, 2.24) is 15.0 Å². The minimum Gasteiger partial charge on any atom is -0.416 e. The van der Waals surface area contributed by atoms with Crippen LogP contribution < -0.4 is 5.32 Å². The Labute approximate surface area is 150 Å². The van der Waals surface area contributed by atoms with E-state index in [9.17, 15) is 18.0 Å². The van der Waals surface area contributed by atoms with Gasteiger partial charge in [0.2, 0.25) is 17.5 Å². The summed E-state index contributed by atoms with van der Waals surface area (Å²) in [6.45, 7) is 3.29. The molecule has 0 spiro atoms. The fraction of sp³-hybridized carbons (Fsp3) is 0.250. The molecule has 0 aromatic carbocycles. The van der Waals surface area contributed by atoms with Crippen LogP contribution >= 0.6 is 11.8 Å². The van der Waals surface area contributed by atoms with Crippen molar-refractivity contribution in [2.24, 2.45) is 0 Å². The molecule has 0 unspecified atom stereocenters. The molecule has 1 N–H and O–H groups in total. The molecule has 0 atom stereocenters. The molecular weight excluding hydrogens is 369 g/mol. The summed E-state index contributed by atoms with van der Waals surface area (Å²) in [5.41, 5.74) is -0.621. The van der Waals surface area contributed by atoms with E-state index in [-0.39, 0.29) is 23.0 Å². The van der Waals surface area contributed by atoms with E-state index in [1.165, 1.54) is 18.7 Å². The van der Waals surface area contributed by atoms with Gasteiger partial charge in [0.1, 0.15) is 17.0 Å². The highest BCUT2D eigenvalue weighted by Crippen LogP contribution is 2.34. The number of amides is 1. The Balaban J connectivity index is 2.10. The second kappa shape index (κ2) is 6.94. The van der Waals surface area contributed by atoms with Crippen LogP contribution in [0.3, 0.4) is 0 Å². The van der Waals surface area contributed by atoms with Gasteiger partial charge in [0.15, 0.2) is 0 Å². The molecule has 0 aliphatic rings. The van der Waals surface area contributed by atoms with E-state index >= 15 is 0 Å². The minimum absolute atomic E-state index is 0.0194. The van der Waals surface area contributed by atoms with E-state index in [4.69, 9.17) is 4.42 Å². The van der Waals surface area contributed by atoms with Crippen LogP contribution in [0.25, 0.3) is 22.8 Å². The topological polar surface area (TPSA) is 80.9 Å². The van der Waals surface area contributed by atoms with Crippen molar-refractivity contribution in [1.29, 1.82) is 0 Å². The standard InChI is InChI=1S/C16H13F3N4O2S/c1-3-26-11-4-5-12(21-8(2)24)23-13(11)15-22-10-6-9(16(17,18)19)7-20-14(10)25-15/h4-7H,3H2,1-2H3,(H,21,23,24). The average Bonchev–Trinajstić information content (AvgIpc) is 2.98. The number of thioether (sulfide) groups is 1. The number of nitrogens with one attached hydrogen (secondary N) is 1. The number of alkyl halides is 3. The number of pyridine rings is 2. The quantitative estimate of drug-likeness (QED) is 0.675. The first kappa shape index (κ1) is 18.2. The van der Waals surface area contributed by atoms with Crippen molar-refractivity contribution in [2.75, 3.05) is 11.1 Å². The Morgan fingerprint density at radius 3 is 2.73 bits per heavy atom. The van der Waals surface area contributed by atoms with E-state index in [0.29, 0.717) is 17.7 Å². The Morgan fingerprint density at radius 2 is 2.08 bits per heavy atom. The van der Waals surface area contributed by atoms with Crippen LogP contribution in [0.15, 0.2) is 33.7 Å². The largest absolute Gasteiger partial charge is 0.417 e. The predicted octanol–water partition coefficient (Wildman–Crippen LogP) is 4.37. The summed E-state index contributed by atoms with van der Waals surface area (Å²) in [7, 11) is 0. The lowest BCUT2D eigenvalue weighted by atomic mass is 10.2. The van der Waals surface area contributed by atoms with Gasteiger partial charge in [-0.25, -0.2) is 15.0 Å².